The molecule has 2 N–H and O–H groups in total. The van der Waals surface area contributed by atoms with Gasteiger partial charge in [0.1, 0.15) is 5.82 Å². The predicted molar refractivity (Wildman–Crippen MR) is 76.8 cm³/mol. The molecule has 0 fully saturated rings. The van der Waals surface area contributed by atoms with Crippen LogP contribution in [0.1, 0.15) is 31.7 Å². The van der Waals surface area contributed by atoms with Crippen LogP contribution in [0.5, 0.6) is 0 Å². The molecule has 0 amide bonds. The standard InChI is InChI=1S/C14H19N3S/c1-10-5-9-18-12(10)11-4-8-16-13(17-11)14(2,3)6-7-15/h4-5,8-9H,6-7,15H2,1-3H3. The number of nitrogens with two attached hydrogens (primary N) is 1. The lowest BCUT2D eigenvalue weighted by atomic mass is 9.88. The van der Waals surface area contributed by atoms with E-state index in [1.165, 1.54) is 10.4 Å². The summed E-state index contributed by atoms with van der Waals surface area (Å²) in [5, 5.41) is 2.09. The summed E-state index contributed by atoms with van der Waals surface area (Å²) in [5.74, 6) is 0.873. The van der Waals surface area contributed by atoms with Gasteiger partial charge in [-0.05, 0) is 43.0 Å². The number of hydrogen-bond acceptors (Lipinski definition) is 4. The highest BCUT2D eigenvalue weighted by Crippen LogP contribution is 2.29. The van der Waals surface area contributed by atoms with Gasteiger partial charge in [0.2, 0.25) is 0 Å². The number of nitrogens with zero attached hydrogens (tertiary/aromatic N) is 2. The fourth-order valence-electron chi connectivity index (χ4n) is 1.92. The Morgan fingerprint density at radius 3 is 2.72 bits per heavy atom. The molecule has 2 aromatic heterocycles. The fraction of sp³-hybridized carbons (Fsp3) is 0.429. The second kappa shape index (κ2) is 5.16. The number of aryl methyl sites for hydroxylation is 1. The molecular weight excluding hydrogens is 242 g/mol. The summed E-state index contributed by atoms with van der Waals surface area (Å²) >= 11 is 1.72. The predicted octanol–water partition coefficient (Wildman–Crippen LogP) is 3.14. The summed E-state index contributed by atoms with van der Waals surface area (Å²) in [6.45, 7) is 7.04. The van der Waals surface area contributed by atoms with Gasteiger partial charge < -0.3 is 5.73 Å². The molecule has 2 heterocycles. The quantitative estimate of drug-likeness (QED) is 0.920. The molecule has 0 radical (unpaired) electrons. The van der Waals surface area contributed by atoms with Crippen LogP contribution in [0.3, 0.4) is 0 Å². The van der Waals surface area contributed by atoms with Crippen molar-refractivity contribution < 1.29 is 0 Å². The fourth-order valence-corrected chi connectivity index (χ4v) is 2.82. The van der Waals surface area contributed by atoms with E-state index < -0.39 is 0 Å². The van der Waals surface area contributed by atoms with Crippen molar-refractivity contribution in [1.29, 1.82) is 0 Å². The molecule has 0 unspecified atom stereocenters. The van der Waals surface area contributed by atoms with Crippen LogP contribution in [0.4, 0.5) is 0 Å². The van der Waals surface area contributed by atoms with Gasteiger partial charge >= 0.3 is 0 Å². The Labute approximate surface area is 112 Å². The van der Waals surface area contributed by atoms with Crippen molar-refractivity contribution in [3.8, 4) is 10.6 Å². The Morgan fingerprint density at radius 2 is 2.11 bits per heavy atom. The minimum atomic E-state index is -0.0735. The normalized spacial score (nSPS) is 11.8. The van der Waals surface area contributed by atoms with E-state index >= 15 is 0 Å². The Bertz CT molecular complexity index is 531. The zero-order valence-electron chi connectivity index (χ0n) is 11.1. The van der Waals surface area contributed by atoms with Crippen molar-refractivity contribution in [2.24, 2.45) is 5.73 Å². The minimum absolute atomic E-state index is 0.0735. The Kier molecular flexibility index (Phi) is 3.78. The first kappa shape index (κ1) is 13.2. The van der Waals surface area contributed by atoms with Gasteiger partial charge in [-0.1, -0.05) is 13.8 Å². The summed E-state index contributed by atoms with van der Waals surface area (Å²) in [6.07, 6.45) is 2.73. The van der Waals surface area contributed by atoms with Crippen LogP contribution < -0.4 is 5.73 Å². The van der Waals surface area contributed by atoms with Gasteiger partial charge in [-0.25, -0.2) is 9.97 Å². The summed E-state index contributed by atoms with van der Waals surface area (Å²) in [7, 11) is 0. The first-order valence-corrected chi connectivity index (χ1v) is 7.00. The summed E-state index contributed by atoms with van der Waals surface area (Å²) in [4.78, 5) is 10.3. The Hall–Kier alpha value is -1.26. The van der Waals surface area contributed by atoms with Crippen molar-refractivity contribution in [1.82, 2.24) is 9.97 Å². The van der Waals surface area contributed by atoms with E-state index in [2.05, 4.69) is 37.2 Å². The average Bonchev–Trinajstić information content (AvgIpc) is 2.76. The van der Waals surface area contributed by atoms with E-state index in [0.717, 1.165) is 17.9 Å². The molecule has 0 aliphatic rings. The maximum Gasteiger partial charge on any atom is 0.134 e. The largest absolute Gasteiger partial charge is 0.330 e. The monoisotopic (exact) mass is 261 g/mol. The van der Waals surface area contributed by atoms with Crippen molar-refractivity contribution in [2.45, 2.75) is 32.6 Å². The SMILES string of the molecule is Cc1ccsc1-c1ccnc(C(C)(C)CCN)n1. The van der Waals surface area contributed by atoms with Crippen LogP contribution in [0.15, 0.2) is 23.7 Å². The molecule has 0 atom stereocenters. The third kappa shape index (κ3) is 2.60. The number of hydrogen-bond donors (Lipinski definition) is 1. The van der Waals surface area contributed by atoms with Gasteiger partial charge in [0.25, 0.3) is 0 Å². The summed E-state index contributed by atoms with van der Waals surface area (Å²) in [6, 6.07) is 4.09. The van der Waals surface area contributed by atoms with E-state index in [1.54, 1.807) is 11.3 Å². The van der Waals surface area contributed by atoms with Gasteiger partial charge in [0.05, 0.1) is 10.6 Å². The van der Waals surface area contributed by atoms with Gasteiger partial charge in [-0.15, -0.1) is 11.3 Å². The van der Waals surface area contributed by atoms with E-state index in [0.29, 0.717) is 6.54 Å². The number of aromatic nitrogens is 2. The van der Waals surface area contributed by atoms with Crippen molar-refractivity contribution in [3.05, 3.63) is 35.1 Å². The van der Waals surface area contributed by atoms with Crippen molar-refractivity contribution in [3.63, 3.8) is 0 Å². The van der Waals surface area contributed by atoms with Gasteiger partial charge in [0.15, 0.2) is 0 Å². The molecule has 2 rings (SSSR count). The summed E-state index contributed by atoms with van der Waals surface area (Å²) < 4.78 is 0. The first-order valence-electron chi connectivity index (χ1n) is 6.12. The van der Waals surface area contributed by atoms with Crippen LogP contribution in [0, 0.1) is 6.92 Å². The number of rotatable bonds is 4. The van der Waals surface area contributed by atoms with Crippen LogP contribution in [-0.2, 0) is 5.41 Å². The number of thiophene rings is 1. The van der Waals surface area contributed by atoms with Crippen molar-refractivity contribution >= 4 is 11.3 Å². The van der Waals surface area contributed by atoms with Crippen LogP contribution in [-0.4, -0.2) is 16.5 Å². The average molecular weight is 261 g/mol. The summed E-state index contributed by atoms with van der Waals surface area (Å²) in [5.41, 5.74) is 7.86. The molecule has 96 valence electrons. The van der Waals surface area contributed by atoms with Gasteiger partial charge in [-0.3, -0.25) is 0 Å². The zero-order chi connectivity index (χ0) is 13.2. The molecule has 0 saturated heterocycles. The van der Waals surface area contributed by atoms with Gasteiger partial charge in [-0.2, -0.15) is 0 Å². The lowest BCUT2D eigenvalue weighted by Gasteiger charge is -2.22. The molecule has 0 aliphatic carbocycles. The van der Waals surface area contributed by atoms with Crippen LogP contribution in [0.25, 0.3) is 10.6 Å². The molecule has 0 saturated carbocycles. The van der Waals surface area contributed by atoms with Crippen molar-refractivity contribution in [2.75, 3.05) is 6.54 Å². The molecular formula is C14H19N3S. The second-order valence-corrected chi connectivity index (χ2v) is 6.04. The third-order valence-electron chi connectivity index (χ3n) is 3.12. The molecule has 0 bridgehead atoms. The molecule has 3 nitrogen and oxygen atoms in total. The topological polar surface area (TPSA) is 51.8 Å². The highest BCUT2D eigenvalue weighted by atomic mass is 32.1. The first-order chi connectivity index (χ1) is 8.54. The zero-order valence-corrected chi connectivity index (χ0v) is 11.9. The van der Waals surface area contributed by atoms with E-state index in [1.807, 2.05) is 12.3 Å². The van der Waals surface area contributed by atoms with E-state index in [4.69, 9.17) is 10.7 Å². The smallest absolute Gasteiger partial charge is 0.134 e. The molecule has 2 aromatic rings. The third-order valence-corrected chi connectivity index (χ3v) is 4.16. The molecule has 0 aliphatic heterocycles. The van der Waals surface area contributed by atoms with E-state index in [9.17, 15) is 0 Å². The second-order valence-electron chi connectivity index (χ2n) is 5.12. The Balaban J connectivity index is 2.40. The lowest BCUT2D eigenvalue weighted by molar-refractivity contribution is 0.457. The highest BCUT2D eigenvalue weighted by molar-refractivity contribution is 7.13. The molecule has 4 heteroatoms. The molecule has 0 spiro atoms. The minimum Gasteiger partial charge on any atom is -0.330 e. The highest BCUT2D eigenvalue weighted by Gasteiger charge is 2.23. The maximum absolute atomic E-state index is 5.66. The lowest BCUT2D eigenvalue weighted by Crippen LogP contribution is -2.24. The van der Waals surface area contributed by atoms with E-state index in [-0.39, 0.29) is 5.41 Å². The Morgan fingerprint density at radius 1 is 1.33 bits per heavy atom. The van der Waals surface area contributed by atoms with Gasteiger partial charge in [0, 0.05) is 11.6 Å². The molecule has 0 aromatic carbocycles. The van der Waals surface area contributed by atoms with Crippen LogP contribution in [0.2, 0.25) is 0 Å². The molecule has 18 heavy (non-hydrogen) atoms. The maximum atomic E-state index is 5.66. The van der Waals surface area contributed by atoms with Crippen LogP contribution >= 0.6 is 11.3 Å².